The summed E-state index contributed by atoms with van der Waals surface area (Å²) >= 11 is 0. The van der Waals surface area contributed by atoms with E-state index in [1.165, 1.54) is 23.3 Å². The zero-order valence-corrected chi connectivity index (χ0v) is 17.1. The molecule has 0 bridgehead atoms. The molecule has 0 radical (unpaired) electrons. The Kier molecular flexibility index (Phi) is 5.81. The van der Waals surface area contributed by atoms with Gasteiger partial charge in [-0.05, 0) is 54.1 Å². The summed E-state index contributed by atoms with van der Waals surface area (Å²) in [7, 11) is 0. The number of carbonyl (C=O) groups excluding carboxylic acids is 2. The van der Waals surface area contributed by atoms with Crippen molar-refractivity contribution in [3.63, 3.8) is 0 Å². The van der Waals surface area contributed by atoms with Gasteiger partial charge < -0.3 is 24.3 Å². The predicted molar refractivity (Wildman–Crippen MR) is 117 cm³/mol. The number of aliphatic hydroxyl groups is 1. The lowest BCUT2D eigenvalue weighted by atomic mass is 9.95. The number of ether oxygens (including phenoxy) is 1. The van der Waals surface area contributed by atoms with Crippen molar-refractivity contribution >= 4 is 17.4 Å². The predicted octanol–water partition coefficient (Wildman–Crippen LogP) is 4.17. The fraction of sp³-hybridized carbons (Fsp3) is 0.120. The fourth-order valence-corrected chi connectivity index (χ4v) is 3.64. The molecule has 7 nitrogen and oxygen atoms in total. The molecule has 162 valence electrons. The number of Topliss-reactive ketones (excluding diaryl/α,β-unsaturated/α-hetero) is 1. The van der Waals surface area contributed by atoms with Crippen LogP contribution < -0.4 is 4.74 Å². The minimum atomic E-state index is -0.850. The van der Waals surface area contributed by atoms with E-state index in [-0.39, 0.29) is 23.6 Å². The van der Waals surface area contributed by atoms with Gasteiger partial charge in [-0.1, -0.05) is 24.8 Å². The highest BCUT2D eigenvalue weighted by molar-refractivity contribution is 6.46. The van der Waals surface area contributed by atoms with Gasteiger partial charge in [0.2, 0.25) is 0 Å². The maximum Gasteiger partial charge on any atom is 0.296 e. The van der Waals surface area contributed by atoms with Crippen LogP contribution in [0.4, 0.5) is 0 Å². The SMILES string of the molecule is C=CCOc1ccc(C(O)=C2C(=O)C(=O)N(Cc3ccco3)[C@H]2c2ccc(O)cc2)cc1. The number of furan rings is 1. The molecule has 2 aromatic carbocycles. The van der Waals surface area contributed by atoms with E-state index in [0.717, 1.165) is 0 Å². The van der Waals surface area contributed by atoms with Gasteiger partial charge in [0.25, 0.3) is 11.7 Å². The van der Waals surface area contributed by atoms with Crippen LogP contribution in [-0.2, 0) is 16.1 Å². The Hall–Kier alpha value is -4.26. The molecule has 0 unspecified atom stereocenters. The highest BCUT2D eigenvalue weighted by Crippen LogP contribution is 2.40. The van der Waals surface area contributed by atoms with Crippen molar-refractivity contribution in [3.8, 4) is 11.5 Å². The van der Waals surface area contributed by atoms with Crippen LogP contribution in [0.5, 0.6) is 11.5 Å². The third-order valence-corrected chi connectivity index (χ3v) is 5.15. The fourth-order valence-electron chi connectivity index (χ4n) is 3.64. The second kappa shape index (κ2) is 8.85. The molecule has 2 heterocycles. The van der Waals surface area contributed by atoms with Gasteiger partial charge >= 0.3 is 0 Å². The molecule has 0 spiro atoms. The zero-order valence-electron chi connectivity index (χ0n) is 17.1. The first-order chi connectivity index (χ1) is 15.5. The number of hydrogen-bond donors (Lipinski definition) is 2. The van der Waals surface area contributed by atoms with E-state index in [0.29, 0.717) is 29.2 Å². The number of aliphatic hydroxyl groups excluding tert-OH is 1. The van der Waals surface area contributed by atoms with Crippen LogP contribution in [-0.4, -0.2) is 33.4 Å². The summed E-state index contributed by atoms with van der Waals surface area (Å²) in [5.41, 5.74) is 0.906. The number of ketones is 1. The molecule has 1 amide bonds. The topological polar surface area (TPSA) is 100 Å². The van der Waals surface area contributed by atoms with Crippen molar-refractivity contribution in [1.82, 2.24) is 4.90 Å². The van der Waals surface area contributed by atoms with Crippen molar-refractivity contribution in [3.05, 3.63) is 102 Å². The number of aromatic hydroxyl groups is 1. The number of likely N-dealkylation sites (tertiary alicyclic amines) is 1. The number of phenols is 1. The van der Waals surface area contributed by atoms with Gasteiger partial charge in [-0.25, -0.2) is 0 Å². The minimum Gasteiger partial charge on any atom is -0.508 e. The Morgan fingerprint density at radius 3 is 2.44 bits per heavy atom. The summed E-state index contributed by atoms with van der Waals surface area (Å²) in [4.78, 5) is 27.3. The Labute approximate surface area is 184 Å². The quantitative estimate of drug-likeness (QED) is 0.252. The summed E-state index contributed by atoms with van der Waals surface area (Å²) in [5.74, 6) is -0.703. The van der Waals surface area contributed by atoms with E-state index >= 15 is 0 Å². The molecular weight excluding hydrogens is 410 g/mol. The lowest BCUT2D eigenvalue weighted by Crippen LogP contribution is -2.29. The molecule has 0 saturated carbocycles. The number of carbonyl (C=O) groups is 2. The van der Waals surface area contributed by atoms with Crippen LogP contribution in [0, 0.1) is 0 Å². The molecule has 7 heteroatoms. The van der Waals surface area contributed by atoms with Crippen LogP contribution in [0.1, 0.15) is 22.9 Å². The van der Waals surface area contributed by atoms with Crippen molar-refractivity contribution in [1.29, 1.82) is 0 Å². The van der Waals surface area contributed by atoms with Crippen molar-refractivity contribution in [2.45, 2.75) is 12.6 Å². The third-order valence-electron chi connectivity index (χ3n) is 5.15. The van der Waals surface area contributed by atoms with Crippen molar-refractivity contribution in [2.24, 2.45) is 0 Å². The van der Waals surface area contributed by atoms with Gasteiger partial charge in [-0.3, -0.25) is 9.59 Å². The Morgan fingerprint density at radius 2 is 1.81 bits per heavy atom. The van der Waals surface area contributed by atoms with Crippen molar-refractivity contribution < 1.29 is 29.0 Å². The summed E-state index contributed by atoms with van der Waals surface area (Å²) < 4.78 is 10.8. The van der Waals surface area contributed by atoms with E-state index in [4.69, 9.17) is 9.15 Å². The van der Waals surface area contributed by atoms with Gasteiger partial charge in [0.05, 0.1) is 24.4 Å². The van der Waals surface area contributed by atoms with Crippen molar-refractivity contribution in [2.75, 3.05) is 6.61 Å². The molecule has 1 aromatic heterocycles. The number of amides is 1. The van der Waals surface area contributed by atoms with Crippen LogP contribution in [0.25, 0.3) is 5.76 Å². The summed E-state index contributed by atoms with van der Waals surface area (Å²) in [6.45, 7) is 3.98. The molecule has 1 saturated heterocycles. The van der Waals surface area contributed by atoms with E-state index in [2.05, 4.69) is 6.58 Å². The van der Waals surface area contributed by atoms with Gasteiger partial charge in [-0.2, -0.15) is 0 Å². The number of phenolic OH excluding ortho intramolecular Hbond substituents is 1. The number of rotatable bonds is 7. The lowest BCUT2D eigenvalue weighted by molar-refractivity contribution is -0.140. The number of benzene rings is 2. The minimum absolute atomic E-state index is 0.0352. The highest BCUT2D eigenvalue weighted by Gasteiger charge is 2.46. The molecular formula is C25H21NO6. The molecule has 1 aliphatic heterocycles. The Balaban J connectivity index is 1.78. The molecule has 1 aliphatic rings. The maximum absolute atomic E-state index is 13.0. The van der Waals surface area contributed by atoms with Gasteiger partial charge in [0, 0.05) is 5.56 Å². The van der Waals surface area contributed by atoms with Gasteiger partial charge in [0.1, 0.15) is 29.6 Å². The monoisotopic (exact) mass is 431 g/mol. The van der Waals surface area contributed by atoms with Crippen LogP contribution in [0.2, 0.25) is 0 Å². The molecule has 32 heavy (non-hydrogen) atoms. The summed E-state index contributed by atoms with van der Waals surface area (Å²) in [6.07, 6.45) is 3.10. The first-order valence-corrected chi connectivity index (χ1v) is 9.93. The Bertz CT molecular complexity index is 1160. The van der Waals surface area contributed by atoms with Crippen LogP contribution in [0.15, 0.2) is 89.6 Å². The van der Waals surface area contributed by atoms with Crippen LogP contribution >= 0.6 is 0 Å². The zero-order chi connectivity index (χ0) is 22.7. The highest BCUT2D eigenvalue weighted by atomic mass is 16.5. The van der Waals surface area contributed by atoms with E-state index in [1.54, 1.807) is 54.6 Å². The molecule has 4 rings (SSSR count). The van der Waals surface area contributed by atoms with Gasteiger partial charge in [0.15, 0.2) is 0 Å². The van der Waals surface area contributed by atoms with E-state index in [9.17, 15) is 19.8 Å². The number of nitrogens with zero attached hydrogens (tertiary/aromatic N) is 1. The van der Waals surface area contributed by atoms with Gasteiger partial charge in [-0.15, -0.1) is 0 Å². The largest absolute Gasteiger partial charge is 0.508 e. The number of hydrogen-bond acceptors (Lipinski definition) is 6. The molecule has 1 fully saturated rings. The average molecular weight is 431 g/mol. The molecule has 1 atom stereocenters. The molecule has 0 aliphatic carbocycles. The standard InChI is InChI=1S/C25H21NO6/c1-2-13-31-19-11-7-17(8-12-19)23(28)21-22(16-5-9-18(27)10-6-16)26(25(30)24(21)29)15-20-4-3-14-32-20/h2-12,14,22,27-28H,1,13,15H2/t22-/m0/s1. The average Bonchev–Trinajstić information content (AvgIpc) is 3.41. The second-order valence-corrected chi connectivity index (χ2v) is 7.22. The maximum atomic E-state index is 13.0. The van der Waals surface area contributed by atoms with E-state index < -0.39 is 17.7 Å². The smallest absolute Gasteiger partial charge is 0.296 e. The van der Waals surface area contributed by atoms with E-state index in [1.807, 2.05) is 0 Å². The third kappa shape index (κ3) is 4.00. The van der Waals surface area contributed by atoms with Crippen LogP contribution in [0.3, 0.4) is 0 Å². The molecule has 3 aromatic rings. The summed E-state index contributed by atoms with van der Waals surface area (Å²) in [6, 6.07) is 15.2. The Morgan fingerprint density at radius 1 is 1.09 bits per heavy atom. The normalized spacial score (nSPS) is 17.5. The molecule has 2 N–H and O–H groups in total. The second-order valence-electron chi connectivity index (χ2n) is 7.22. The summed E-state index contributed by atoms with van der Waals surface area (Å²) in [5, 5.41) is 20.7. The first kappa shape index (κ1) is 21.0. The lowest BCUT2D eigenvalue weighted by Gasteiger charge is -2.24. The first-order valence-electron chi connectivity index (χ1n) is 9.93.